The zero-order chi connectivity index (χ0) is 27.6. The first-order chi connectivity index (χ1) is 19.4. The van der Waals surface area contributed by atoms with E-state index in [1.165, 1.54) is 6.07 Å². The van der Waals surface area contributed by atoms with Gasteiger partial charge in [0.25, 0.3) is 0 Å². The Hall–Kier alpha value is -3.68. The van der Waals surface area contributed by atoms with Crippen LogP contribution < -0.4 is 4.74 Å². The third-order valence-electron chi connectivity index (χ3n) is 7.83. The van der Waals surface area contributed by atoms with Gasteiger partial charge in [-0.3, -0.25) is 9.69 Å². The third kappa shape index (κ3) is 5.76. The van der Waals surface area contributed by atoms with Gasteiger partial charge in [0.2, 0.25) is 5.91 Å². The summed E-state index contributed by atoms with van der Waals surface area (Å²) in [7, 11) is 0. The quantitative estimate of drug-likeness (QED) is 0.291. The first-order valence-corrected chi connectivity index (χ1v) is 14.1. The summed E-state index contributed by atoms with van der Waals surface area (Å²) in [6.45, 7) is 5.59. The molecule has 2 aliphatic rings. The number of ether oxygens (including phenoxy) is 1. The molecule has 0 aliphatic carbocycles. The number of benzene rings is 3. The molecule has 2 aliphatic heterocycles. The number of halogens is 2. The third-order valence-corrected chi connectivity index (χ3v) is 8.19. The lowest BCUT2D eigenvalue weighted by atomic mass is 9.97. The lowest BCUT2D eigenvalue weighted by Gasteiger charge is -2.35. The van der Waals surface area contributed by atoms with Gasteiger partial charge in [0.05, 0.1) is 17.6 Å². The van der Waals surface area contributed by atoms with Crippen molar-refractivity contribution in [3.05, 3.63) is 94.0 Å². The summed E-state index contributed by atoms with van der Waals surface area (Å²) in [6, 6.07) is 17.4. The zero-order valence-electron chi connectivity index (χ0n) is 22.6. The summed E-state index contributed by atoms with van der Waals surface area (Å²) in [5.74, 6) is 1.65. The number of nitrogens with zero attached hydrogens (tertiary/aromatic N) is 3. The number of carbonyl (C=O) groups is 1. The largest absolute Gasteiger partial charge is 0.493 e. The number of amides is 1. The SMILES string of the molecule is Cc1nc2ccc(-c3ccc4c(c3)C/C=C(/CC(=O)N3CCN(Cc5c(F)cccc5Cl)CC3)CCO4)cc2[nH]1. The number of imidazole rings is 1. The van der Waals surface area contributed by atoms with Gasteiger partial charge in [0, 0.05) is 56.2 Å². The van der Waals surface area contributed by atoms with E-state index in [0.29, 0.717) is 62.8 Å². The van der Waals surface area contributed by atoms with Crippen LogP contribution in [-0.4, -0.2) is 58.5 Å². The van der Waals surface area contributed by atoms with Gasteiger partial charge in [0.15, 0.2) is 0 Å². The number of aromatic amines is 1. The Morgan fingerprint density at radius 3 is 2.70 bits per heavy atom. The van der Waals surface area contributed by atoms with Gasteiger partial charge in [-0.15, -0.1) is 0 Å². The molecule has 1 fully saturated rings. The number of hydrogen-bond donors (Lipinski definition) is 1. The van der Waals surface area contributed by atoms with Gasteiger partial charge in [-0.25, -0.2) is 9.37 Å². The molecule has 0 radical (unpaired) electrons. The average Bonchev–Trinajstić information content (AvgIpc) is 3.32. The molecule has 8 heteroatoms. The van der Waals surface area contributed by atoms with Crippen molar-refractivity contribution in [2.75, 3.05) is 32.8 Å². The smallest absolute Gasteiger partial charge is 0.226 e. The molecule has 0 spiro atoms. The predicted molar refractivity (Wildman–Crippen MR) is 156 cm³/mol. The van der Waals surface area contributed by atoms with Gasteiger partial charge in [-0.05, 0) is 66.4 Å². The van der Waals surface area contributed by atoms with Crippen LogP contribution in [0.5, 0.6) is 5.75 Å². The van der Waals surface area contributed by atoms with Crippen molar-refractivity contribution in [3.8, 4) is 16.9 Å². The number of fused-ring (bicyclic) bond motifs is 2. The molecule has 206 valence electrons. The van der Waals surface area contributed by atoms with Crippen molar-refractivity contribution in [3.63, 3.8) is 0 Å². The van der Waals surface area contributed by atoms with Gasteiger partial charge >= 0.3 is 0 Å². The highest BCUT2D eigenvalue weighted by atomic mass is 35.5. The Morgan fingerprint density at radius 2 is 1.88 bits per heavy atom. The van der Waals surface area contributed by atoms with E-state index in [9.17, 15) is 9.18 Å². The highest BCUT2D eigenvalue weighted by Gasteiger charge is 2.23. The van der Waals surface area contributed by atoms with Crippen molar-refractivity contribution < 1.29 is 13.9 Å². The molecule has 6 rings (SSSR count). The maximum Gasteiger partial charge on any atom is 0.226 e. The molecular weight excluding hydrogens is 527 g/mol. The molecule has 40 heavy (non-hydrogen) atoms. The highest BCUT2D eigenvalue weighted by Crippen LogP contribution is 2.31. The van der Waals surface area contributed by atoms with Crippen molar-refractivity contribution in [1.82, 2.24) is 19.8 Å². The van der Waals surface area contributed by atoms with E-state index in [1.54, 1.807) is 12.1 Å². The molecule has 6 nitrogen and oxygen atoms in total. The molecule has 3 heterocycles. The fourth-order valence-corrected chi connectivity index (χ4v) is 5.78. The van der Waals surface area contributed by atoms with Crippen molar-refractivity contribution in [1.29, 1.82) is 0 Å². The first kappa shape index (κ1) is 26.5. The van der Waals surface area contributed by atoms with E-state index in [1.807, 2.05) is 24.0 Å². The molecule has 1 N–H and O–H groups in total. The lowest BCUT2D eigenvalue weighted by Crippen LogP contribution is -2.48. The number of nitrogens with one attached hydrogen (secondary N) is 1. The van der Waals surface area contributed by atoms with Gasteiger partial charge in [-0.1, -0.05) is 41.4 Å². The molecule has 1 saturated heterocycles. The average molecular weight is 559 g/mol. The van der Waals surface area contributed by atoms with Crippen LogP contribution in [0.25, 0.3) is 22.2 Å². The predicted octanol–water partition coefficient (Wildman–Crippen LogP) is 6.32. The normalized spacial score (nSPS) is 17.5. The number of rotatable bonds is 5. The summed E-state index contributed by atoms with van der Waals surface area (Å²) in [6.07, 6.45) is 4.04. The number of hydrogen-bond acceptors (Lipinski definition) is 4. The standard InChI is InChI=1S/C32H32ClFN4O2/c1-21-35-29-9-7-24(19-30(29)36-21)23-8-10-31-25(18-23)6-5-22(11-16-40-31)17-32(39)38-14-12-37(13-15-38)20-26-27(33)3-2-4-28(26)34/h2-5,7-10,18-19H,6,11-17,20H2,1H3,(H,35,36)/b22-5+. The Kier molecular flexibility index (Phi) is 7.59. The van der Waals surface area contributed by atoms with E-state index >= 15 is 0 Å². The van der Waals surface area contributed by atoms with Crippen LogP contribution in [0.1, 0.15) is 29.8 Å². The van der Waals surface area contributed by atoms with Crippen molar-refractivity contribution in [2.45, 2.75) is 32.7 Å². The molecule has 1 amide bonds. The van der Waals surface area contributed by atoms with Gasteiger partial charge in [0.1, 0.15) is 17.4 Å². The van der Waals surface area contributed by atoms with E-state index in [4.69, 9.17) is 16.3 Å². The number of aromatic nitrogens is 2. The molecule has 0 unspecified atom stereocenters. The summed E-state index contributed by atoms with van der Waals surface area (Å²) in [4.78, 5) is 25.0. The minimum Gasteiger partial charge on any atom is -0.493 e. The second kappa shape index (κ2) is 11.4. The molecule has 0 saturated carbocycles. The Balaban J connectivity index is 1.08. The highest BCUT2D eigenvalue weighted by molar-refractivity contribution is 6.31. The van der Waals surface area contributed by atoms with E-state index in [2.05, 4.69) is 45.2 Å². The second-order valence-electron chi connectivity index (χ2n) is 10.6. The van der Waals surface area contributed by atoms with Crippen molar-refractivity contribution in [2.24, 2.45) is 0 Å². The fourth-order valence-electron chi connectivity index (χ4n) is 5.55. The number of H-pyrrole nitrogens is 1. The Labute approximate surface area is 238 Å². The zero-order valence-corrected chi connectivity index (χ0v) is 23.3. The summed E-state index contributed by atoms with van der Waals surface area (Å²) < 4.78 is 20.3. The minimum absolute atomic E-state index is 0.132. The van der Waals surface area contributed by atoms with Crippen LogP contribution in [0, 0.1) is 12.7 Å². The van der Waals surface area contributed by atoms with E-state index < -0.39 is 0 Å². The summed E-state index contributed by atoms with van der Waals surface area (Å²) >= 11 is 6.20. The second-order valence-corrected chi connectivity index (χ2v) is 11.0. The van der Waals surface area contributed by atoms with Gasteiger partial charge in [-0.2, -0.15) is 0 Å². The summed E-state index contributed by atoms with van der Waals surface area (Å²) in [5, 5.41) is 0.444. The van der Waals surface area contributed by atoms with E-state index in [-0.39, 0.29) is 11.7 Å². The lowest BCUT2D eigenvalue weighted by molar-refractivity contribution is -0.132. The molecule has 0 bridgehead atoms. The molecule has 4 aromatic rings. The molecule has 3 aromatic carbocycles. The van der Waals surface area contributed by atoms with Crippen LogP contribution in [0.4, 0.5) is 4.39 Å². The van der Waals surface area contributed by atoms with Gasteiger partial charge < -0.3 is 14.6 Å². The monoisotopic (exact) mass is 558 g/mol. The first-order valence-electron chi connectivity index (χ1n) is 13.8. The van der Waals surface area contributed by atoms with E-state index in [0.717, 1.165) is 51.3 Å². The number of aryl methyl sites for hydroxylation is 1. The molecular formula is C32H32ClFN4O2. The topological polar surface area (TPSA) is 61.5 Å². The van der Waals surface area contributed by atoms with Crippen molar-refractivity contribution >= 4 is 28.5 Å². The number of allylic oxidation sites excluding steroid dienone is 1. The minimum atomic E-state index is -0.285. The molecule has 0 atom stereocenters. The number of carbonyl (C=O) groups excluding carboxylic acids is 1. The number of piperazine rings is 1. The van der Waals surface area contributed by atoms with Crippen LogP contribution in [-0.2, 0) is 17.8 Å². The van der Waals surface area contributed by atoms with Crippen LogP contribution in [0.3, 0.4) is 0 Å². The van der Waals surface area contributed by atoms with Crippen LogP contribution in [0.2, 0.25) is 5.02 Å². The molecule has 1 aromatic heterocycles. The van der Waals surface area contributed by atoms with Crippen LogP contribution >= 0.6 is 11.6 Å². The fraction of sp³-hybridized carbons (Fsp3) is 0.312. The van der Waals surface area contributed by atoms with Crippen LogP contribution in [0.15, 0.2) is 66.2 Å². The maximum atomic E-state index is 14.2. The Morgan fingerprint density at radius 1 is 1.07 bits per heavy atom. The Bertz CT molecular complexity index is 1570. The summed E-state index contributed by atoms with van der Waals surface area (Å²) in [5.41, 5.74) is 6.97. The maximum absolute atomic E-state index is 14.2.